The molecule has 0 aliphatic carbocycles. The minimum absolute atomic E-state index is 0.177. The van der Waals surface area contributed by atoms with Gasteiger partial charge < -0.3 is 14.8 Å². The molecule has 0 aliphatic heterocycles. The van der Waals surface area contributed by atoms with Crippen molar-refractivity contribution >= 4 is 5.82 Å². The SMILES string of the molecule is CCCc1nc(NCC)cc(OCCC(C)(C)OC)n1. The Balaban J connectivity index is 2.67. The fourth-order valence-corrected chi connectivity index (χ4v) is 1.66. The third-order valence-corrected chi connectivity index (χ3v) is 3.09. The fourth-order valence-electron chi connectivity index (χ4n) is 1.66. The smallest absolute Gasteiger partial charge is 0.218 e. The third-order valence-electron chi connectivity index (χ3n) is 3.09. The van der Waals surface area contributed by atoms with Crippen molar-refractivity contribution in [2.45, 2.75) is 52.6 Å². The Labute approximate surface area is 122 Å². The topological polar surface area (TPSA) is 56.3 Å². The first kappa shape index (κ1) is 16.7. The third kappa shape index (κ3) is 5.74. The van der Waals surface area contributed by atoms with Gasteiger partial charge in [0.15, 0.2) is 0 Å². The molecule has 0 unspecified atom stereocenters. The number of hydrogen-bond acceptors (Lipinski definition) is 5. The monoisotopic (exact) mass is 281 g/mol. The molecule has 1 heterocycles. The molecule has 0 aromatic carbocycles. The average Bonchev–Trinajstić information content (AvgIpc) is 2.39. The van der Waals surface area contributed by atoms with Crippen LogP contribution in [-0.2, 0) is 11.2 Å². The fraction of sp³-hybridized carbons (Fsp3) is 0.733. The molecule has 0 radical (unpaired) electrons. The molecule has 0 bridgehead atoms. The van der Waals surface area contributed by atoms with Crippen molar-refractivity contribution in [1.82, 2.24) is 9.97 Å². The van der Waals surface area contributed by atoms with Gasteiger partial charge in [-0.1, -0.05) is 6.92 Å². The van der Waals surface area contributed by atoms with Crippen molar-refractivity contribution in [3.05, 3.63) is 11.9 Å². The lowest BCUT2D eigenvalue weighted by atomic mass is 10.1. The van der Waals surface area contributed by atoms with Gasteiger partial charge in [-0.25, -0.2) is 4.98 Å². The van der Waals surface area contributed by atoms with Crippen LogP contribution < -0.4 is 10.1 Å². The Bertz CT molecular complexity index is 384. The van der Waals surface area contributed by atoms with E-state index in [4.69, 9.17) is 9.47 Å². The number of aromatic nitrogens is 2. The maximum absolute atomic E-state index is 5.75. The van der Waals surface area contributed by atoms with Crippen LogP contribution in [0.2, 0.25) is 0 Å². The van der Waals surface area contributed by atoms with Gasteiger partial charge in [-0.15, -0.1) is 0 Å². The molecule has 114 valence electrons. The molecule has 0 aliphatic rings. The van der Waals surface area contributed by atoms with Gasteiger partial charge in [0, 0.05) is 32.6 Å². The van der Waals surface area contributed by atoms with Crippen molar-refractivity contribution in [3.8, 4) is 5.88 Å². The highest BCUT2D eigenvalue weighted by Gasteiger charge is 2.16. The molecule has 1 rings (SSSR count). The van der Waals surface area contributed by atoms with Crippen LogP contribution in [-0.4, -0.2) is 35.8 Å². The summed E-state index contributed by atoms with van der Waals surface area (Å²) in [7, 11) is 1.72. The largest absolute Gasteiger partial charge is 0.477 e. The molecule has 0 saturated carbocycles. The van der Waals surface area contributed by atoms with E-state index in [9.17, 15) is 0 Å². The zero-order chi connectivity index (χ0) is 15.0. The van der Waals surface area contributed by atoms with Gasteiger partial charge in [0.1, 0.15) is 11.6 Å². The zero-order valence-electron chi connectivity index (χ0n) is 13.3. The molecule has 1 aromatic heterocycles. The molecule has 1 N–H and O–H groups in total. The summed E-state index contributed by atoms with van der Waals surface area (Å²) in [5.74, 6) is 2.28. The standard InChI is InChI=1S/C15H27N3O2/c1-6-8-12-17-13(16-7-2)11-14(18-12)20-10-9-15(3,4)19-5/h11H,6-10H2,1-5H3,(H,16,17,18). The van der Waals surface area contributed by atoms with E-state index in [2.05, 4.69) is 22.2 Å². The molecular weight excluding hydrogens is 254 g/mol. The number of hydrogen-bond donors (Lipinski definition) is 1. The van der Waals surface area contributed by atoms with Crippen LogP contribution in [0.1, 0.15) is 46.4 Å². The Kier molecular flexibility index (Phi) is 6.71. The molecule has 20 heavy (non-hydrogen) atoms. The van der Waals surface area contributed by atoms with Gasteiger partial charge in [0.25, 0.3) is 0 Å². The maximum Gasteiger partial charge on any atom is 0.218 e. The normalized spacial score (nSPS) is 11.4. The lowest BCUT2D eigenvalue weighted by Gasteiger charge is -2.22. The quantitative estimate of drug-likeness (QED) is 0.754. The number of methoxy groups -OCH3 is 1. The second-order valence-electron chi connectivity index (χ2n) is 5.35. The highest BCUT2D eigenvalue weighted by atomic mass is 16.5. The van der Waals surface area contributed by atoms with E-state index in [0.717, 1.165) is 37.4 Å². The molecule has 5 heteroatoms. The summed E-state index contributed by atoms with van der Waals surface area (Å²) in [5, 5.41) is 3.21. The van der Waals surface area contributed by atoms with Crippen molar-refractivity contribution in [3.63, 3.8) is 0 Å². The van der Waals surface area contributed by atoms with E-state index < -0.39 is 0 Å². The zero-order valence-corrected chi connectivity index (χ0v) is 13.3. The predicted octanol–water partition coefficient (Wildman–Crippen LogP) is 3.05. The molecule has 0 saturated heterocycles. The first-order valence-electron chi connectivity index (χ1n) is 7.30. The van der Waals surface area contributed by atoms with Gasteiger partial charge in [-0.2, -0.15) is 4.98 Å². The number of anilines is 1. The van der Waals surface area contributed by atoms with Crippen molar-refractivity contribution in [1.29, 1.82) is 0 Å². The van der Waals surface area contributed by atoms with E-state index in [0.29, 0.717) is 12.5 Å². The maximum atomic E-state index is 5.75. The lowest BCUT2D eigenvalue weighted by molar-refractivity contribution is 0.00507. The van der Waals surface area contributed by atoms with Crippen LogP contribution in [0.3, 0.4) is 0 Å². The highest BCUT2D eigenvalue weighted by Crippen LogP contribution is 2.17. The predicted molar refractivity (Wildman–Crippen MR) is 81.4 cm³/mol. The highest BCUT2D eigenvalue weighted by molar-refractivity contribution is 5.38. The first-order valence-corrected chi connectivity index (χ1v) is 7.30. The Morgan fingerprint density at radius 3 is 2.60 bits per heavy atom. The number of nitrogens with zero attached hydrogens (tertiary/aromatic N) is 2. The Morgan fingerprint density at radius 2 is 2.00 bits per heavy atom. The van der Waals surface area contributed by atoms with Crippen molar-refractivity contribution in [2.24, 2.45) is 0 Å². The molecular formula is C15H27N3O2. The molecule has 0 spiro atoms. The summed E-state index contributed by atoms with van der Waals surface area (Å²) in [6.07, 6.45) is 2.69. The van der Waals surface area contributed by atoms with Gasteiger partial charge >= 0.3 is 0 Å². The van der Waals surface area contributed by atoms with E-state index in [1.165, 1.54) is 0 Å². The van der Waals surface area contributed by atoms with E-state index in [1.54, 1.807) is 7.11 Å². The van der Waals surface area contributed by atoms with Crippen LogP contribution >= 0.6 is 0 Å². The number of rotatable bonds is 9. The summed E-state index contributed by atoms with van der Waals surface area (Å²) >= 11 is 0. The van der Waals surface area contributed by atoms with Gasteiger partial charge in [0.2, 0.25) is 5.88 Å². The summed E-state index contributed by atoms with van der Waals surface area (Å²) in [6.45, 7) is 9.66. The van der Waals surface area contributed by atoms with Crippen molar-refractivity contribution < 1.29 is 9.47 Å². The van der Waals surface area contributed by atoms with Crippen LogP contribution in [0.4, 0.5) is 5.82 Å². The van der Waals surface area contributed by atoms with Crippen LogP contribution in [0.15, 0.2) is 6.07 Å². The van der Waals surface area contributed by atoms with Crippen molar-refractivity contribution in [2.75, 3.05) is 25.6 Å². The molecule has 1 aromatic rings. The van der Waals surface area contributed by atoms with Crippen LogP contribution in [0.5, 0.6) is 5.88 Å². The van der Waals surface area contributed by atoms with E-state index >= 15 is 0 Å². The van der Waals surface area contributed by atoms with Gasteiger partial charge in [0.05, 0.1) is 12.2 Å². The van der Waals surface area contributed by atoms with Crippen LogP contribution in [0.25, 0.3) is 0 Å². The summed E-state index contributed by atoms with van der Waals surface area (Å²) in [5.41, 5.74) is -0.177. The average molecular weight is 281 g/mol. The summed E-state index contributed by atoms with van der Waals surface area (Å²) < 4.78 is 11.1. The molecule has 0 amide bonds. The molecule has 5 nitrogen and oxygen atoms in total. The summed E-state index contributed by atoms with van der Waals surface area (Å²) in [4.78, 5) is 8.90. The van der Waals surface area contributed by atoms with E-state index in [-0.39, 0.29) is 5.60 Å². The van der Waals surface area contributed by atoms with Crippen LogP contribution in [0, 0.1) is 0 Å². The number of aryl methyl sites for hydroxylation is 1. The Hall–Kier alpha value is -1.36. The van der Waals surface area contributed by atoms with E-state index in [1.807, 2.05) is 26.8 Å². The molecule has 0 fully saturated rings. The summed E-state index contributed by atoms with van der Waals surface area (Å²) in [6, 6.07) is 1.85. The van der Waals surface area contributed by atoms with Gasteiger partial charge in [-0.3, -0.25) is 0 Å². The number of nitrogens with one attached hydrogen (secondary N) is 1. The Morgan fingerprint density at radius 1 is 1.25 bits per heavy atom. The first-order chi connectivity index (χ1) is 9.50. The van der Waals surface area contributed by atoms with Gasteiger partial charge in [-0.05, 0) is 27.2 Å². The molecule has 0 atom stereocenters. The number of ether oxygens (including phenoxy) is 2. The minimum atomic E-state index is -0.177. The lowest BCUT2D eigenvalue weighted by Crippen LogP contribution is -2.25. The second kappa shape index (κ2) is 8.04. The minimum Gasteiger partial charge on any atom is -0.477 e. The second-order valence-corrected chi connectivity index (χ2v) is 5.35.